The van der Waals surface area contributed by atoms with Crippen LogP contribution in [0.1, 0.15) is 26.2 Å². The first kappa shape index (κ1) is 13.4. The number of rotatable bonds is 6. The molecule has 0 fully saturated rings. The molecule has 0 N–H and O–H groups in total. The summed E-state index contributed by atoms with van der Waals surface area (Å²) in [4.78, 5) is 0. The van der Waals surface area contributed by atoms with Crippen LogP contribution in [-0.2, 0) is 0 Å². The monoisotopic (exact) mass is 282 g/mol. The van der Waals surface area contributed by atoms with E-state index in [1.165, 1.54) is 19.3 Å². The standard InChI is InChI=1S/C12H15ClN4S/c1-2-3-4-8-18-12-14-15-16-17(12)11-7-5-6-10(13)9-11/h5-7,9H,2-4,8H2,1H3. The van der Waals surface area contributed by atoms with Gasteiger partial charge in [0.1, 0.15) is 0 Å². The van der Waals surface area contributed by atoms with Gasteiger partial charge in [0.05, 0.1) is 5.69 Å². The van der Waals surface area contributed by atoms with E-state index in [4.69, 9.17) is 11.6 Å². The topological polar surface area (TPSA) is 43.6 Å². The fourth-order valence-electron chi connectivity index (χ4n) is 1.55. The van der Waals surface area contributed by atoms with Crippen molar-refractivity contribution in [3.05, 3.63) is 29.3 Å². The molecule has 18 heavy (non-hydrogen) atoms. The molecule has 0 amide bonds. The molecule has 1 aromatic carbocycles. The van der Waals surface area contributed by atoms with Gasteiger partial charge in [-0.2, -0.15) is 4.68 Å². The van der Waals surface area contributed by atoms with Crippen molar-refractivity contribution in [2.45, 2.75) is 31.3 Å². The van der Waals surface area contributed by atoms with Crippen LogP contribution in [0.5, 0.6) is 0 Å². The average Bonchev–Trinajstić information content (AvgIpc) is 2.83. The Balaban J connectivity index is 2.08. The Labute approximate surface area is 116 Å². The summed E-state index contributed by atoms with van der Waals surface area (Å²) in [6, 6.07) is 7.53. The van der Waals surface area contributed by atoms with Crippen molar-refractivity contribution in [2.24, 2.45) is 0 Å². The summed E-state index contributed by atoms with van der Waals surface area (Å²) < 4.78 is 1.72. The molecular formula is C12H15ClN4S. The van der Waals surface area contributed by atoms with E-state index in [9.17, 15) is 0 Å². The lowest BCUT2D eigenvalue weighted by Crippen LogP contribution is -1.99. The smallest absolute Gasteiger partial charge is 0.187 e. The number of unbranched alkanes of at least 4 members (excludes halogenated alkanes) is 2. The van der Waals surface area contributed by atoms with Crippen LogP contribution in [0.3, 0.4) is 0 Å². The van der Waals surface area contributed by atoms with E-state index < -0.39 is 0 Å². The molecule has 0 aliphatic rings. The summed E-state index contributed by atoms with van der Waals surface area (Å²) in [5.41, 5.74) is 0.894. The Morgan fingerprint density at radius 1 is 1.33 bits per heavy atom. The number of tetrazole rings is 1. The highest BCUT2D eigenvalue weighted by Crippen LogP contribution is 2.21. The zero-order chi connectivity index (χ0) is 12.8. The molecular weight excluding hydrogens is 268 g/mol. The highest BCUT2D eigenvalue weighted by atomic mass is 35.5. The first-order valence-electron chi connectivity index (χ1n) is 5.98. The van der Waals surface area contributed by atoms with Gasteiger partial charge in [0.15, 0.2) is 0 Å². The fourth-order valence-corrected chi connectivity index (χ4v) is 2.63. The minimum absolute atomic E-state index is 0.685. The van der Waals surface area contributed by atoms with Crippen molar-refractivity contribution >= 4 is 23.4 Å². The Bertz CT molecular complexity index is 500. The average molecular weight is 283 g/mol. The normalized spacial score (nSPS) is 10.8. The van der Waals surface area contributed by atoms with Crippen LogP contribution in [0.2, 0.25) is 5.02 Å². The fraction of sp³-hybridized carbons (Fsp3) is 0.417. The molecule has 0 aliphatic carbocycles. The largest absolute Gasteiger partial charge is 0.214 e. The van der Waals surface area contributed by atoms with Crippen molar-refractivity contribution in [3.8, 4) is 5.69 Å². The van der Waals surface area contributed by atoms with Crippen LogP contribution in [0.15, 0.2) is 29.4 Å². The number of halogens is 1. The molecule has 0 atom stereocenters. The van der Waals surface area contributed by atoms with Crippen LogP contribution >= 0.6 is 23.4 Å². The van der Waals surface area contributed by atoms with E-state index in [1.54, 1.807) is 16.4 Å². The summed E-state index contributed by atoms with van der Waals surface area (Å²) in [6.45, 7) is 2.20. The molecule has 0 spiro atoms. The molecule has 0 aliphatic heterocycles. The lowest BCUT2D eigenvalue weighted by molar-refractivity contribution is 0.751. The summed E-state index contributed by atoms with van der Waals surface area (Å²) >= 11 is 7.65. The molecule has 1 aromatic heterocycles. The minimum Gasteiger partial charge on any atom is -0.187 e. The molecule has 2 aromatic rings. The van der Waals surface area contributed by atoms with Crippen molar-refractivity contribution in [2.75, 3.05) is 5.75 Å². The number of hydrogen-bond acceptors (Lipinski definition) is 4. The van der Waals surface area contributed by atoms with Gasteiger partial charge in [0, 0.05) is 10.8 Å². The summed E-state index contributed by atoms with van der Waals surface area (Å²) in [6.07, 6.45) is 3.65. The summed E-state index contributed by atoms with van der Waals surface area (Å²) in [7, 11) is 0. The SMILES string of the molecule is CCCCCSc1nnnn1-c1cccc(Cl)c1. The van der Waals surface area contributed by atoms with Crippen molar-refractivity contribution in [3.63, 3.8) is 0 Å². The van der Waals surface area contributed by atoms with Crippen molar-refractivity contribution in [1.82, 2.24) is 20.2 Å². The number of thioether (sulfide) groups is 1. The lowest BCUT2D eigenvalue weighted by atomic mass is 10.3. The summed E-state index contributed by atoms with van der Waals surface area (Å²) in [5.74, 6) is 1.04. The second-order valence-electron chi connectivity index (χ2n) is 3.91. The first-order chi connectivity index (χ1) is 8.81. The van der Waals surface area contributed by atoms with Crippen LogP contribution in [0.25, 0.3) is 5.69 Å². The van der Waals surface area contributed by atoms with Gasteiger partial charge in [0.25, 0.3) is 0 Å². The van der Waals surface area contributed by atoms with Gasteiger partial charge in [-0.1, -0.05) is 49.2 Å². The van der Waals surface area contributed by atoms with Crippen LogP contribution < -0.4 is 0 Å². The lowest BCUT2D eigenvalue weighted by Gasteiger charge is -2.04. The highest BCUT2D eigenvalue weighted by molar-refractivity contribution is 7.99. The maximum absolute atomic E-state index is 5.97. The van der Waals surface area contributed by atoms with Gasteiger partial charge in [-0.25, -0.2) is 0 Å². The molecule has 1 heterocycles. The molecule has 2 rings (SSSR count). The zero-order valence-electron chi connectivity index (χ0n) is 10.2. The Morgan fingerprint density at radius 3 is 3.00 bits per heavy atom. The van der Waals surface area contributed by atoms with Gasteiger partial charge in [0.2, 0.25) is 5.16 Å². The van der Waals surface area contributed by atoms with Crippen LogP contribution in [0.4, 0.5) is 0 Å². The minimum atomic E-state index is 0.685. The first-order valence-corrected chi connectivity index (χ1v) is 7.34. The van der Waals surface area contributed by atoms with Crippen LogP contribution in [0, 0.1) is 0 Å². The molecule has 0 radical (unpaired) electrons. The van der Waals surface area contributed by atoms with E-state index in [0.29, 0.717) is 5.02 Å². The highest BCUT2D eigenvalue weighted by Gasteiger charge is 2.08. The predicted octanol–water partition coefficient (Wildman–Crippen LogP) is 3.60. The Hall–Kier alpha value is -1.07. The molecule has 0 saturated heterocycles. The third-order valence-corrected chi connectivity index (χ3v) is 3.71. The van der Waals surface area contributed by atoms with Gasteiger partial charge in [-0.15, -0.1) is 5.10 Å². The zero-order valence-corrected chi connectivity index (χ0v) is 11.8. The van der Waals surface area contributed by atoms with Gasteiger partial charge >= 0.3 is 0 Å². The maximum atomic E-state index is 5.97. The number of nitrogens with zero attached hydrogens (tertiary/aromatic N) is 4. The molecule has 0 bridgehead atoms. The molecule has 96 valence electrons. The number of benzene rings is 1. The number of aromatic nitrogens is 4. The third-order valence-electron chi connectivity index (χ3n) is 2.47. The van der Waals surface area contributed by atoms with E-state index in [2.05, 4.69) is 22.4 Å². The van der Waals surface area contributed by atoms with Crippen molar-refractivity contribution in [1.29, 1.82) is 0 Å². The molecule has 4 nitrogen and oxygen atoms in total. The second-order valence-corrected chi connectivity index (χ2v) is 5.41. The van der Waals surface area contributed by atoms with E-state index in [1.807, 2.05) is 24.3 Å². The van der Waals surface area contributed by atoms with E-state index in [0.717, 1.165) is 16.6 Å². The third kappa shape index (κ3) is 3.46. The van der Waals surface area contributed by atoms with Crippen molar-refractivity contribution < 1.29 is 0 Å². The molecule has 0 unspecified atom stereocenters. The number of hydrogen-bond donors (Lipinski definition) is 0. The predicted molar refractivity (Wildman–Crippen MR) is 74.4 cm³/mol. The maximum Gasteiger partial charge on any atom is 0.214 e. The quantitative estimate of drug-likeness (QED) is 0.600. The molecule has 6 heteroatoms. The van der Waals surface area contributed by atoms with Crippen LogP contribution in [-0.4, -0.2) is 26.0 Å². The van der Waals surface area contributed by atoms with E-state index in [-0.39, 0.29) is 0 Å². The Morgan fingerprint density at radius 2 is 2.22 bits per heavy atom. The Kier molecular flexibility index (Phi) is 5.01. The van der Waals surface area contributed by atoms with Gasteiger partial charge < -0.3 is 0 Å². The van der Waals surface area contributed by atoms with Gasteiger partial charge in [-0.05, 0) is 35.0 Å². The van der Waals surface area contributed by atoms with Gasteiger partial charge in [-0.3, -0.25) is 0 Å². The second kappa shape index (κ2) is 6.75. The molecule has 0 saturated carbocycles. The summed E-state index contributed by atoms with van der Waals surface area (Å²) in [5, 5.41) is 13.3. The van der Waals surface area contributed by atoms with E-state index >= 15 is 0 Å².